The maximum atomic E-state index is 12.7. The molecule has 148 valence electrons. The third kappa shape index (κ3) is 4.57. The van der Waals surface area contributed by atoms with E-state index in [1.807, 2.05) is 47.4 Å². The first-order valence-electron chi connectivity index (χ1n) is 9.48. The summed E-state index contributed by atoms with van der Waals surface area (Å²) in [6.07, 6.45) is 5.10. The van der Waals surface area contributed by atoms with Gasteiger partial charge in [0, 0.05) is 24.0 Å². The highest BCUT2D eigenvalue weighted by Crippen LogP contribution is 2.25. The fraction of sp³-hybridized carbons (Fsp3) is 0.273. The quantitative estimate of drug-likeness (QED) is 0.667. The van der Waals surface area contributed by atoms with Crippen molar-refractivity contribution in [1.82, 2.24) is 19.9 Å². The molecule has 1 amide bonds. The Hall–Kier alpha value is -3.32. The van der Waals surface area contributed by atoms with E-state index >= 15 is 0 Å². The lowest BCUT2D eigenvalue weighted by molar-refractivity contribution is -0.138. The fourth-order valence-electron chi connectivity index (χ4n) is 3.26. The molecule has 1 aliphatic rings. The van der Waals surface area contributed by atoms with Gasteiger partial charge in [0.2, 0.25) is 5.91 Å². The number of carbonyl (C=O) groups excluding carboxylic acids is 1. The summed E-state index contributed by atoms with van der Waals surface area (Å²) in [4.78, 5) is 27.8. The first kappa shape index (κ1) is 19.0. The van der Waals surface area contributed by atoms with Crippen LogP contribution in [-0.2, 0) is 16.0 Å². The summed E-state index contributed by atoms with van der Waals surface area (Å²) in [5.41, 5.74) is 3.18. The number of methoxy groups -OCH3 is 1. The second kappa shape index (κ2) is 8.79. The summed E-state index contributed by atoms with van der Waals surface area (Å²) in [5, 5.41) is 0. The predicted octanol–water partition coefficient (Wildman–Crippen LogP) is 2.69. The molecule has 1 atom stereocenters. The Kier molecular flexibility index (Phi) is 5.76. The van der Waals surface area contributed by atoms with Crippen molar-refractivity contribution < 1.29 is 14.3 Å². The molecule has 4 rings (SSSR count). The van der Waals surface area contributed by atoms with Crippen molar-refractivity contribution in [2.75, 3.05) is 26.8 Å². The summed E-state index contributed by atoms with van der Waals surface area (Å²) < 4.78 is 11.1. The molecule has 1 fully saturated rings. The molecular weight excluding hydrogens is 368 g/mol. The maximum absolute atomic E-state index is 12.7. The van der Waals surface area contributed by atoms with E-state index in [2.05, 4.69) is 9.97 Å². The average molecular weight is 390 g/mol. The molecular formula is C22H22N4O3. The van der Waals surface area contributed by atoms with Crippen molar-refractivity contribution in [2.45, 2.75) is 12.5 Å². The fourth-order valence-corrected chi connectivity index (χ4v) is 3.26. The van der Waals surface area contributed by atoms with Crippen LogP contribution in [0.15, 0.2) is 61.1 Å². The van der Waals surface area contributed by atoms with Gasteiger partial charge >= 0.3 is 0 Å². The van der Waals surface area contributed by atoms with Gasteiger partial charge in [-0.2, -0.15) is 0 Å². The molecule has 7 nitrogen and oxygen atoms in total. The summed E-state index contributed by atoms with van der Waals surface area (Å²) in [6, 6.07) is 13.2. The van der Waals surface area contributed by atoms with Crippen molar-refractivity contribution in [2.24, 2.45) is 0 Å². The van der Waals surface area contributed by atoms with Crippen LogP contribution in [0.5, 0.6) is 5.75 Å². The number of nitrogens with zero attached hydrogens (tertiary/aromatic N) is 4. The molecule has 1 aromatic carbocycles. The van der Waals surface area contributed by atoms with E-state index in [0.717, 1.165) is 22.7 Å². The number of hydrogen-bond donors (Lipinski definition) is 0. The molecule has 0 bridgehead atoms. The zero-order chi connectivity index (χ0) is 20.1. The highest BCUT2D eigenvalue weighted by atomic mass is 16.5. The van der Waals surface area contributed by atoms with Gasteiger partial charge in [0.05, 0.1) is 50.5 Å². The lowest BCUT2D eigenvalue weighted by atomic mass is 10.1. The first-order valence-corrected chi connectivity index (χ1v) is 9.48. The van der Waals surface area contributed by atoms with Gasteiger partial charge in [0.25, 0.3) is 0 Å². The van der Waals surface area contributed by atoms with Crippen LogP contribution >= 0.6 is 0 Å². The third-order valence-corrected chi connectivity index (χ3v) is 4.85. The van der Waals surface area contributed by atoms with Gasteiger partial charge in [0.1, 0.15) is 11.9 Å². The third-order valence-electron chi connectivity index (χ3n) is 4.85. The Labute approximate surface area is 169 Å². The van der Waals surface area contributed by atoms with Crippen LogP contribution in [0.3, 0.4) is 0 Å². The van der Waals surface area contributed by atoms with Crippen molar-refractivity contribution in [3.63, 3.8) is 0 Å². The highest BCUT2D eigenvalue weighted by molar-refractivity contribution is 5.78. The Morgan fingerprint density at radius 1 is 1.21 bits per heavy atom. The van der Waals surface area contributed by atoms with Crippen LogP contribution < -0.4 is 4.74 Å². The molecule has 0 N–H and O–H groups in total. The van der Waals surface area contributed by atoms with Gasteiger partial charge in [-0.3, -0.25) is 14.8 Å². The number of rotatable bonds is 5. The van der Waals surface area contributed by atoms with Crippen molar-refractivity contribution in [1.29, 1.82) is 0 Å². The Balaban J connectivity index is 1.47. The van der Waals surface area contributed by atoms with Gasteiger partial charge in [-0.25, -0.2) is 4.98 Å². The van der Waals surface area contributed by atoms with E-state index in [4.69, 9.17) is 14.5 Å². The van der Waals surface area contributed by atoms with Crippen LogP contribution in [0, 0.1) is 0 Å². The van der Waals surface area contributed by atoms with E-state index in [1.54, 1.807) is 25.7 Å². The molecule has 0 saturated carbocycles. The van der Waals surface area contributed by atoms with Gasteiger partial charge in [-0.15, -0.1) is 0 Å². The monoisotopic (exact) mass is 390 g/mol. The minimum atomic E-state index is -0.304. The lowest BCUT2D eigenvalue weighted by Gasteiger charge is -2.32. The number of amides is 1. The molecule has 0 unspecified atom stereocenters. The molecule has 29 heavy (non-hydrogen) atoms. The molecule has 0 radical (unpaired) electrons. The van der Waals surface area contributed by atoms with E-state index in [0.29, 0.717) is 25.4 Å². The molecule has 3 heterocycles. The van der Waals surface area contributed by atoms with Crippen molar-refractivity contribution in [3.05, 3.63) is 72.4 Å². The smallest absolute Gasteiger partial charge is 0.228 e. The molecule has 7 heteroatoms. The van der Waals surface area contributed by atoms with E-state index in [9.17, 15) is 4.79 Å². The van der Waals surface area contributed by atoms with E-state index in [-0.39, 0.29) is 18.4 Å². The second-order valence-electron chi connectivity index (χ2n) is 6.75. The minimum Gasteiger partial charge on any atom is -0.497 e. The number of pyridine rings is 1. The average Bonchev–Trinajstić information content (AvgIpc) is 2.80. The van der Waals surface area contributed by atoms with Crippen LogP contribution in [0.2, 0.25) is 0 Å². The summed E-state index contributed by atoms with van der Waals surface area (Å²) in [6.45, 7) is 1.48. The standard InChI is InChI=1S/C22H22N4O3/c1-28-18-7-5-16(6-8-18)19-13-23-14-20(25-19)21-15-26(10-11-29-21)22(27)12-17-4-2-3-9-24-17/h2-9,13-14,21H,10-12,15H2,1H3/t21-/m1/s1. The topological polar surface area (TPSA) is 77.4 Å². The normalized spacial score (nSPS) is 16.4. The molecule has 0 spiro atoms. The highest BCUT2D eigenvalue weighted by Gasteiger charge is 2.27. The Morgan fingerprint density at radius 3 is 2.83 bits per heavy atom. The van der Waals surface area contributed by atoms with Gasteiger partial charge < -0.3 is 14.4 Å². The number of aromatic nitrogens is 3. The van der Waals surface area contributed by atoms with Crippen molar-refractivity contribution >= 4 is 5.91 Å². The number of hydrogen-bond acceptors (Lipinski definition) is 6. The van der Waals surface area contributed by atoms with E-state index in [1.165, 1.54) is 0 Å². The minimum absolute atomic E-state index is 0.0382. The molecule has 1 aliphatic heterocycles. The SMILES string of the molecule is COc1ccc(-c2cncc([C@H]3CN(C(=O)Cc4ccccn4)CCO3)n2)cc1. The number of ether oxygens (including phenoxy) is 2. The van der Waals surface area contributed by atoms with Crippen LogP contribution in [-0.4, -0.2) is 52.6 Å². The maximum Gasteiger partial charge on any atom is 0.228 e. The van der Waals surface area contributed by atoms with Gasteiger partial charge in [-0.05, 0) is 36.4 Å². The number of benzene rings is 1. The predicted molar refractivity (Wildman–Crippen MR) is 107 cm³/mol. The lowest BCUT2D eigenvalue weighted by Crippen LogP contribution is -2.43. The zero-order valence-electron chi connectivity index (χ0n) is 16.2. The number of carbonyl (C=O) groups is 1. The molecule has 2 aromatic heterocycles. The van der Waals surface area contributed by atoms with Crippen LogP contribution in [0.1, 0.15) is 17.5 Å². The summed E-state index contributed by atoms with van der Waals surface area (Å²) in [7, 11) is 1.64. The van der Waals surface area contributed by atoms with Crippen LogP contribution in [0.4, 0.5) is 0 Å². The molecule has 1 saturated heterocycles. The number of morpholine rings is 1. The van der Waals surface area contributed by atoms with Crippen LogP contribution in [0.25, 0.3) is 11.3 Å². The zero-order valence-corrected chi connectivity index (χ0v) is 16.2. The second-order valence-corrected chi connectivity index (χ2v) is 6.75. The first-order chi connectivity index (χ1) is 14.2. The van der Waals surface area contributed by atoms with Gasteiger partial charge in [0.15, 0.2) is 0 Å². The Bertz CT molecular complexity index is 963. The van der Waals surface area contributed by atoms with Gasteiger partial charge in [-0.1, -0.05) is 6.07 Å². The van der Waals surface area contributed by atoms with Crippen molar-refractivity contribution in [3.8, 4) is 17.0 Å². The largest absolute Gasteiger partial charge is 0.497 e. The molecule has 3 aromatic rings. The summed E-state index contributed by atoms with van der Waals surface area (Å²) >= 11 is 0. The Morgan fingerprint density at radius 2 is 2.07 bits per heavy atom. The van der Waals surface area contributed by atoms with E-state index < -0.39 is 0 Å². The molecule has 0 aliphatic carbocycles. The summed E-state index contributed by atoms with van der Waals surface area (Å²) in [5.74, 6) is 0.826.